The van der Waals surface area contributed by atoms with Crippen molar-refractivity contribution in [1.82, 2.24) is 4.98 Å². The van der Waals surface area contributed by atoms with Crippen molar-refractivity contribution < 1.29 is 4.11 Å². The van der Waals surface area contributed by atoms with Crippen molar-refractivity contribution in [3.8, 4) is 0 Å². The standard InChI is InChI=1S/C6H6ClN/c1-5-2-3-8-6(7)4-5/h2-4H,1H3/i1D3. The van der Waals surface area contributed by atoms with Gasteiger partial charge in [0.15, 0.2) is 0 Å². The lowest BCUT2D eigenvalue weighted by molar-refractivity contribution is 1.29. The summed E-state index contributed by atoms with van der Waals surface area (Å²) in [4.78, 5) is 3.67. The van der Waals surface area contributed by atoms with Crippen LogP contribution in [0.25, 0.3) is 0 Å². The first kappa shape index (κ1) is 2.83. The Morgan fingerprint density at radius 3 is 3.25 bits per heavy atom. The van der Waals surface area contributed by atoms with Gasteiger partial charge in [0.2, 0.25) is 0 Å². The van der Waals surface area contributed by atoms with Gasteiger partial charge in [-0.15, -0.1) is 0 Å². The van der Waals surface area contributed by atoms with E-state index in [4.69, 9.17) is 15.7 Å². The summed E-state index contributed by atoms with van der Waals surface area (Å²) in [6.45, 7) is -2.09. The van der Waals surface area contributed by atoms with E-state index < -0.39 is 6.85 Å². The number of pyridine rings is 1. The minimum atomic E-state index is -2.09. The lowest BCUT2D eigenvalue weighted by Crippen LogP contribution is -1.73. The van der Waals surface area contributed by atoms with Crippen molar-refractivity contribution in [2.75, 3.05) is 0 Å². The number of hydrogen-bond acceptors (Lipinski definition) is 1. The largest absolute Gasteiger partial charge is 0.245 e. The molecule has 1 aromatic rings. The molecule has 8 heavy (non-hydrogen) atoms. The molecular weight excluding hydrogens is 122 g/mol. The molecule has 0 aliphatic rings. The summed E-state index contributed by atoms with van der Waals surface area (Å²) >= 11 is 5.49. The molecular formula is C6H6ClN. The second-order valence-corrected chi connectivity index (χ2v) is 1.75. The van der Waals surface area contributed by atoms with Crippen LogP contribution in [0.2, 0.25) is 5.15 Å². The highest BCUT2D eigenvalue weighted by atomic mass is 35.5. The minimum Gasteiger partial charge on any atom is -0.245 e. The predicted molar refractivity (Wildman–Crippen MR) is 34.0 cm³/mol. The van der Waals surface area contributed by atoms with E-state index in [1.165, 1.54) is 18.3 Å². The van der Waals surface area contributed by atoms with Gasteiger partial charge in [0.1, 0.15) is 5.15 Å². The average Bonchev–Trinajstić information content (AvgIpc) is 1.86. The van der Waals surface area contributed by atoms with Crippen LogP contribution in [-0.2, 0) is 0 Å². The Morgan fingerprint density at radius 1 is 1.88 bits per heavy atom. The Hall–Kier alpha value is -0.560. The Labute approximate surface area is 57.5 Å². The van der Waals surface area contributed by atoms with Crippen LogP contribution >= 0.6 is 11.6 Å². The second-order valence-electron chi connectivity index (χ2n) is 1.37. The number of hydrogen-bond donors (Lipinski definition) is 0. The SMILES string of the molecule is [2H]C([2H])([2H])c1ccnc(Cl)c1. The monoisotopic (exact) mass is 130 g/mol. The summed E-state index contributed by atoms with van der Waals surface area (Å²) in [5, 5.41) is 0.207. The maximum absolute atomic E-state index is 7.02. The number of rotatable bonds is 0. The smallest absolute Gasteiger partial charge is 0.129 e. The van der Waals surface area contributed by atoms with Crippen LogP contribution in [0.3, 0.4) is 0 Å². The van der Waals surface area contributed by atoms with Gasteiger partial charge in [-0.2, -0.15) is 0 Å². The third-order valence-corrected chi connectivity index (χ3v) is 0.933. The molecule has 0 aromatic carbocycles. The zero-order chi connectivity index (χ0) is 8.48. The lowest BCUT2D eigenvalue weighted by Gasteiger charge is -1.88. The number of halogens is 1. The van der Waals surface area contributed by atoms with E-state index in [-0.39, 0.29) is 10.7 Å². The molecule has 0 fully saturated rings. The fourth-order valence-electron chi connectivity index (χ4n) is 0.402. The van der Waals surface area contributed by atoms with Crippen LogP contribution < -0.4 is 0 Å². The second kappa shape index (κ2) is 2.14. The molecule has 0 atom stereocenters. The van der Waals surface area contributed by atoms with Crippen LogP contribution in [0.4, 0.5) is 0 Å². The van der Waals surface area contributed by atoms with E-state index in [1.54, 1.807) is 0 Å². The molecule has 0 N–H and O–H groups in total. The molecule has 1 aromatic heterocycles. The first-order valence-corrected chi connectivity index (χ1v) is 2.50. The fraction of sp³-hybridized carbons (Fsp3) is 0.167. The molecule has 0 saturated heterocycles. The molecule has 0 bridgehead atoms. The van der Waals surface area contributed by atoms with E-state index in [0.29, 0.717) is 0 Å². The summed E-state index contributed by atoms with van der Waals surface area (Å²) < 4.78 is 21.0. The third-order valence-electron chi connectivity index (χ3n) is 0.727. The van der Waals surface area contributed by atoms with Crippen molar-refractivity contribution in [2.24, 2.45) is 0 Å². The Bertz CT molecular complexity index is 258. The topological polar surface area (TPSA) is 12.9 Å². The van der Waals surface area contributed by atoms with Gasteiger partial charge in [-0.3, -0.25) is 0 Å². The highest BCUT2D eigenvalue weighted by Crippen LogP contribution is 2.04. The summed E-state index contributed by atoms with van der Waals surface area (Å²) in [5.74, 6) is 0. The minimum absolute atomic E-state index is 0.207. The molecule has 0 radical (unpaired) electrons. The molecule has 2 heteroatoms. The van der Waals surface area contributed by atoms with Crippen molar-refractivity contribution in [3.63, 3.8) is 0 Å². The Morgan fingerprint density at radius 2 is 2.75 bits per heavy atom. The van der Waals surface area contributed by atoms with E-state index in [9.17, 15) is 0 Å². The van der Waals surface area contributed by atoms with E-state index in [1.807, 2.05) is 0 Å². The number of nitrogens with zero attached hydrogens (tertiary/aromatic N) is 1. The Kier molecular flexibility index (Phi) is 0.757. The van der Waals surface area contributed by atoms with Crippen molar-refractivity contribution in [2.45, 2.75) is 6.85 Å². The quantitative estimate of drug-likeness (QED) is 0.490. The van der Waals surface area contributed by atoms with Crippen molar-refractivity contribution >= 4 is 11.6 Å². The highest BCUT2D eigenvalue weighted by Gasteiger charge is 1.84. The van der Waals surface area contributed by atoms with Crippen LogP contribution in [0, 0.1) is 6.85 Å². The molecule has 42 valence electrons. The van der Waals surface area contributed by atoms with Gasteiger partial charge in [-0.25, -0.2) is 4.98 Å². The molecule has 1 rings (SSSR count). The van der Waals surface area contributed by atoms with Gasteiger partial charge in [0.05, 0.1) is 0 Å². The van der Waals surface area contributed by atoms with E-state index >= 15 is 0 Å². The molecule has 0 aliphatic carbocycles. The highest BCUT2D eigenvalue weighted by molar-refractivity contribution is 6.29. The van der Waals surface area contributed by atoms with Gasteiger partial charge in [0, 0.05) is 10.3 Å². The van der Waals surface area contributed by atoms with Gasteiger partial charge < -0.3 is 0 Å². The molecule has 0 amide bonds. The maximum atomic E-state index is 7.02. The van der Waals surface area contributed by atoms with Crippen molar-refractivity contribution in [3.05, 3.63) is 29.0 Å². The maximum Gasteiger partial charge on any atom is 0.129 e. The van der Waals surface area contributed by atoms with Crippen molar-refractivity contribution in [1.29, 1.82) is 0 Å². The van der Waals surface area contributed by atoms with Gasteiger partial charge >= 0.3 is 0 Å². The average molecular weight is 131 g/mol. The van der Waals surface area contributed by atoms with Gasteiger partial charge in [-0.05, 0) is 24.5 Å². The molecule has 0 aliphatic heterocycles. The van der Waals surface area contributed by atoms with Gasteiger partial charge in [0.25, 0.3) is 0 Å². The molecule has 0 unspecified atom stereocenters. The van der Waals surface area contributed by atoms with E-state index in [0.717, 1.165) is 0 Å². The number of aryl methyl sites for hydroxylation is 1. The molecule has 0 saturated carbocycles. The first-order chi connectivity index (χ1) is 5.00. The zero-order valence-electron chi connectivity index (χ0n) is 7.06. The summed E-state index contributed by atoms with van der Waals surface area (Å²) in [6, 6.07) is 2.77. The molecule has 1 heterocycles. The third kappa shape index (κ3) is 1.20. The summed E-state index contributed by atoms with van der Waals surface area (Å²) in [5.41, 5.74) is 0.220. The van der Waals surface area contributed by atoms with Crippen LogP contribution in [0.15, 0.2) is 18.3 Å². The summed E-state index contributed by atoms with van der Waals surface area (Å²) in [6.07, 6.45) is 1.38. The van der Waals surface area contributed by atoms with Crippen LogP contribution in [-0.4, -0.2) is 4.98 Å². The number of aromatic nitrogens is 1. The van der Waals surface area contributed by atoms with E-state index in [2.05, 4.69) is 4.98 Å². The molecule has 1 nitrogen and oxygen atoms in total. The van der Waals surface area contributed by atoms with Crippen LogP contribution in [0.5, 0.6) is 0 Å². The summed E-state index contributed by atoms with van der Waals surface area (Å²) in [7, 11) is 0. The van der Waals surface area contributed by atoms with Gasteiger partial charge in [-0.1, -0.05) is 11.6 Å². The zero-order valence-corrected chi connectivity index (χ0v) is 4.81. The Balaban J connectivity index is 3.06. The fourth-order valence-corrected chi connectivity index (χ4v) is 0.576. The molecule has 0 spiro atoms. The van der Waals surface area contributed by atoms with Crippen LogP contribution in [0.1, 0.15) is 9.68 Å². The predicted octanol–water partition coefficient (Wildman–Crippen LogP) is 2.04. The first-order valence-electron chi connectivity index (χ1n) is 3.62. The normalized spacial score (nSPS) is 16.4. The lowest BCUT2D eigenvalue weighted by atomic mass is 10.3.